The van der Waals surface area contributed by atoms with Gasteiger partial charge in [0.2, 0.25) is 0 Å². The van der Waals surface area contributed by atoms with E-state index in [-0.39, 0.29) is 6.03 Å². The van der Waals surface area contributed by atoms with Gasteiger partial charge in [-0.3, -0.25) is 0 Å². The molecule has 4 heteroatoms. The van der Waals surface area contributed by atoms with E-state index in [0.29, 0.717) is 6.04 Å². The number of rotatable bonds is 4. The Kier molecular flexibility index (Phi) is 3.41. The van der Waals surface area contributed by atoms with Crippen molar-refractivity contribution in [2.45, 2.75) is 25.4 Å². The van der Waals surface area contributed by atoms with E-state index >= 15 is 0 Å². The van der Waals surface area contributed by atoms with Gasteiger partial charge in [-0.1, -0.05) is 18.2 Å². The Morgan fingerprint density at radius 3 is 2.81 bits per heavy atom. The van der Waals surface area contributed by atoms with Crippen molar-refractivity contribution in [3.05, 3.63) is 29.8 Å². The van der Waals surface area contributed by atoms with Crippen molar-refractivity contribution in [2.75, 3.05) is 12.4 Å². The van der Waals surface area contributed by atoms with Gasteiger partial charge in [0, 0.05) is 18.3 Å². The Morgan fingerprint density at radius 2 is 2.12 bits per heavy atom. The van der Waals surface area contributed by atoms with Gasteiger partial charge >= 0.3 is 6.03 Å². The zero-order valence-corrected chi connectivity index (χ0v) is 9.42. The van der Waals surface area contributed by atoms with E-state index in [9.17, 15) is 4.79 Å². The molecule has 3 N–H and O–H groups in total. The molecule has 1 fully saturated rings. The van der Waals surface area contributed by atoms with Crippen molar-refractivity contribution in [1.82, 2.24) is 10.6 Å². The molecule has 2 rings (SSSR count). The van der Waals surface area contributed by atoms with E-state index in [1.807, 2.05) is 31.3 Å². The van der Waals surface area contributed by atoms with Gasteiger partial charge in [-0.2, -0.15) is 0 Å². The molecule has 1 aliphatic carbocycles. The van der Waals surface area contributed by atoms with Gasteiger partial charge in [0.05, 0.1) is 0 Å². The molecule has 0 spiro atoms. The number of anilines is 1. The molecule has 0 atom stereocenters. The predicted molar refractivity (Wildman–Crippen MR) is 64.4 cm³/mol. The van der Waals surface area contributed by atoms with Crippen molar-refractivity contribution >= 4 is 11.7 Å². The fraction of sp³-hybridized carbons (Fsp3) is 0.417. The largest absolute Gasteiger partial charge is 0.335 e. The van der Waals surface area contributed by atoms with Crippen LogP contribution in [0, 0.1) is 0 Å². The van der Waals surface area contributed by atoms with Gasteiger partial charge < -0.3 is 16.0 Å². The summed E-state index contributed by atoms with van der Waals surface area (Å²) in [5.74, 6) is 0. The van der Waals surface area contributed by atoms with E-state index < -0.39 is 0 Å². The zero-order chi connectivity index (χ0) is 11.4. The first-order chi connectivity index (χ1) is 7.79. The Balaban J connectivity index is 1.98. The average molecular weight is 219 g/mol. The number of para-hydroxylation sites is 1. The molecule has 1 aromatic carbocycles. The minimum atomic E-state index is -0.106. The molecule has 0 bridgehead atoms. The minimum absolute atomic E-state index is 0.106. The minimum Gasteiger partial charge on any atom is -0.335 e. The Morgan fingerprint density at radius 1 is 1.38 bits per heavy atom. The summed E-state index contributed by atoms with van der Waals surface area (Å²) in [5, 5.41) is 8.86. The smallest absolute Gasteiger partial charge is 0.319 e. The number of amides is 2. The fourth-order valence-corrected chi connectivity index (χ4v) is 1.56. The maximum absolute atomic E-state index is 11.6. The van der Waals surface area contributed by atoms with Gasteiger partial charge in [0.15, 0.2) is 0 Å². The van der Waals surface area contributed by atoms with Crippen LogP contribution in [0.15, 0.2) is 24.3 Å². The van der Waals surface area contributed by atoms with Crippen LogP contribution in [0.4, 0.5) is 10.5 Å². The van der Waals surface area contributed by atoms with Crippen LogP contribution < -0.4 is 16.0 Å². The molecular formula is C12H17N3O. The van der Waals surface area contributed by atoms with Gasteiger partial charge in [-0.25, -0.2) is 4.79 Å². The second kappa shape index (κ2) is 4.99. The molecule has 86 valence electrons. The Hall–Kier alpha value is -1.55. The van der Waals surface area contributed by atoms with Crippen LogP contribution in [0.3, 0.4) is 0 Å². The summed E-state index contributed by atoms with van der Waals surface area (Å²) in [6, 6.07) is 8.09. The fourth-order valence-electron chi connectivity index (χ4n) is 1.56. The Bertz CT molecular complexity index is 374. The van der Waals surface area contributed by atoms with Crippen LogP contribution in [-0.4, -0.2) is 19.1 Å². The van der Waals surface area contributed by atoms with Gasteiger partial charge in [-0.15, -0.1) is 0 Å². The Labute approximate surface area is 95.4 Å². The van der Waals surface area contributed by atoms with Gasteiger partial charge in [0.25, 0.3) is 0 Å². The quantitative estimate of drug-likeness (QED) is 0.721. The second-order valence-corrected chi connectivity index (χ2v) is 4.06. The molecule has 2 amide bonds. The monoisotopic (exact) mass is 219 g/mol. The van der Waals surface area contributed by atoms with Crippen molar-refractivity contribution in [3.8, 4) is 0 Å². The van der Waals surface area contributed by atoms with E-state index in [2.05, 4.69) is 16.0 Å². The number of hydrogen-bond acceptors (Lipinski definition) is 2. The number of urea groups is 1. The normalized spacial score (nSPS) is 14.6. The molecule has 1 aliphatic rings. The molecule has 0 radical (unpaired) electrons. The van der Waals surface area contributed by atoms with Crippen LogP contribution in [0.2, 0.25) is 0 Å². The molecule has 0 unspecified atom stereocenters. The lowest BCUT2D eigenvalue weighted by atomic mass is 10.2. The highest BCUT2D eigenvalue weighted by atomic mass is 16.2. The third-order valence-electron chi connectivity index (χ3n) is 2.55. The summed E-state index contributed by atoms with van der Waals surface area (Å²) in [6.45, 7) is 0.750. The molecule has 4 nitrogen and oxygen atoms in total. The van der Waals surface area contributed by atoms with E-state index in [0.717, 1.165) is 30.6 Å². The standard InChI is InChI=1S/C12H17N3O/c1-13-8-9-4-2-3-5-11(9)15-12(16)14-10-6-7-10/h2-5,10,13H,6-8H2,1H3,(H2,14,15,16). The molecule has 0 saturated heterocycles. The molecule has 0 aromatic heterocycles. The van der Waals surface area contributed by atoms with Crippen LogP contribution in [0.25, 0.3) is 0 Å². The van der Waals surface area contributed by atoms with Crippen molar-refractivity contribution in [1.29, 1.82) is 0 Å². The molecule has 0 heterocycles. The van der Waals surface area contributed by atoms with Crippen molar-refractivity contribution in [3.63, 3.8) is 0 Å². The molecule has 16 heavy (non-hydrogen) atoms. The number of carbonyl (C=O) groups excluding carboxylic acids is 1. The maximum atomic E-state index is 11.6. The summed E-state index contributed by atoms with van der Waals surface area (Å²) < 4.78 is 0. The van der Waals surface area contributed by atoms with Gasteiger partial charge in [-0.05, 0) is 31.5 Å². The molecule has 1 aromatic rings. The van der Waals surface area contributed by atoms with Crippen LogP contribution in [0.5, 0.6) is 0 Å². The average Bonchev–Trinajstić information content (AvgIpc) is 3.05. The van der Waals surface area contributed by atoms with Gasteiger partial charge in [0.1, 0.15) is 0 Å². The summed E-state index contributed by atoms with van der Waals surface area (Å²) in [7, 11) is 1.89. The third-order valence-corrected chi connectivity index (χ3v) is 2.55. The first-order valence-corrected chi connectivity index (χ1v) is 5.59. The summed E-state index contributed by atoms with van der Waals surface area (Å²) in [4.78, 5) is 11.6. The second-order valence-electron chi connectivity index (χ2n) is 4.06. The van der Waals surface area contributed by atoms with E-state index in [4.69, 9.17) is 0 Å². The van der Waals surface area contributed by atoms with Crippen LogP contribution in [-0.2, 0) is 6.54 Å². The number of hydrogen-bond donors (Lipinski definition) is 3. The predicted octanol–water partition coefficient (Wildman–Crippen LogP) is 1.69. The zero-order valence-electron chi connectivity index (χ0n) is 9.42. The highest BCUT2D eigenvalue weighted by Gasteiger charge is 2.23. The lowest BCUT2D eigenvalue weighted by molar-refractivity contribution is 0.251. The van der Waals surface area contributed by atoms with Crippen LogP contribution >= 0.6 is 0 Å². The third kappa shape index (κ3) is 2.97. The SMILES string of the molecule is CNCc1ccccc1NC(=O)NC1CC1. The van der Waals surface area contributed by atoms with Crippen molar-refractivity contribution < 1.29 is 4.79 Å². The molecular weight excluding hydrogens is 202 g/mol. The lowest BCUT2D eigenvalue weighted by Crippen LogP contribution is -2.30. The highest BCUT2D eigenvalue weighted by Crippen LogP contribution is 2.19. The van der Waals surface area contributed by atoms with E-state index in [1.165, 1.54) is 0 Å². The van der Waals surface area contributed by atoms with E-state index in [1.54, 1.807) is 0 Å². The summed E-state index contributed by atoms with van der Waals surface area (Å²) >= 11 is 0. The molecule has 1 saturated carbocycles. The molecule has 0 aliphatic heterocycles. The topological polar surface area (TPSA) is 53.2 Å². The summed E-state index contributed by atoms with van der Waals surface area (Å²) in [6.07, 6.45) is 2.21. The lowest BCUT2D eigenvalue weighted by Gasteiger charge is -2.11. The number of benzene rings is 1. The first kappa shape index (κ1) is 11.0. The highest BCUT2D eigenvalue weighted by molar-refractivity contribution is 5.90. The number of carbonyl (C=O) groups is 1. The van der Waals surface area contributed by atoms with Crippen LogP contribution in [0.1, 0.15) is 18.4 Å². The number of nitrogens with one attached hydrogen (secondary N) is 3. The van der Waals surface area contributed by atoms with Crippen molar-refractivity contribution in [2.24, 2.45) is 0 Å². The maximum Gasteiger partial charge on any atom is 0.319 e. The first-order valence-electron chi connectivity index (χ1n) is 5.59. The summed E-state index contributed by atoms with van der Waals surface area (Å²) in [5.41, 5.74) is 1.96.